The van der Waals surface area contributed by atoms with Crippen LogP contribution in [0.1, 0.15) is 32.6 Å². The van der Waals surface area contributed by atoms with Crippen molar-refractivity contribution in [3.8, 4) is 0 Å². The summed E-state index contributed by atoms with van der Waals surface area (Å²) in [6, 6.07) is 0. The quantitative estimate of drug-likeness (QED) is 0.273. The molecule has 11 heteroatoms. The molecule has 24 heavy (non-hydrogen) atoms. The van der Waals surface area contributed by atoms with E-state index in [1.807, 2.05) is 0 Å². The SMILES string of the molecule is CCCCCC[n+]1ccn(CCOCCO)c1.F[P-](F)(F)(F)(F)F. The second-order valence-electron chi connectivity index (χ2n) is 5.24. The van der Waals surface area contributed by atoms with Crippen molar-refractivity contribution in [3.05, 3.63) is 18.7 Å². The Morgan fingerprint density at radius 1 is 1.04 bits per heavy atom. The van der Waals surface area contributed by atoms with E-state index in [-0.39, 0.29) is 6.61 Å². The average molecular weight is 386 g/mol. The van der Waals surface area contributed by atoms with Crippen LogP contribution in [0.4, 0.5) is 25.2 Å². The predicted octanol–water partition coefficient (Wildman–Crippen LogP) is 4.75. The van der Waals surface area contributed by atoms with E-state index >= 15 is 0 Å². The molecule has 1 aromatic rings. The van der Waals surface area contributed by atoms with Gasteiger partial charge in [0.1, 0.15) is 18.9 Å². The first-order valence-electron chi connectivity index (χ1n) is 7.61. The number of hydrogen-bond donors (Lipinski definition) is 1. The number of halogens is 6. The molecule has 0 aliphatic rings. The molecule has 0 saturated heterocycles. The summed E-state index contributed by atoms with van der Waals surface area (Å²) < 4.78 is 68.8. The number of unbranched alkanes of at least 4 members (excludes halogenated alkanes) is 3. The molecule has 0 amide bonds. The van der Waals surface area contributed by atoms with Crippen molar-refractivity contribution >= 4 is 7.81 Å². The van der Waals surface area contributed by atoms with Crippen molar-refractivity contribution in [2.75, 3.05) is 19.8 Å². The number of hydrogen-bond acceptors (Lipinski definition) is 2. The van der Waals surface area contributed by atoms with Gasteiger partial charge < -0.3 is 9.84 Å². The molecule has 1 heterocycles. The van der Waals surface area contributed by atoms with Gasteiger partial charge in [0.15, 0.2) is 0 Å². The number of ether oxygens (including phenoxy) is 1. The van der Waals surface area contributed by atoms with Crippen LogP contribution in [0.5, 0.6) is 0 Å². The Morgan fingerprint density at radius 2 is 1.67 bits per heavy atom. The van der Waals surface area contributed by atoms with Gasteiger partial charge in [0.2, 0.25) is 6.33 Å². The molecule has 0 radical (unpaired) electrons. The second-order valence-corrected chi connectivity index (χ2v) is 7.16. The number of aliphatic hydroxyl groups excluding tert-OH is 1. The van der Waals surface area contributed by atoms with Crippen LogP contribution in [0.2, 0.25) is 0 Å². The molecule has 0 atom stereocenters. The molecule has 0 bridgehead atoms. The van der Waals surface area contributed by atoms with E-state index < -0.39 is 7.81 Å². The summed E-state index contributed by atoms with van der Waals surface area (Å²) in [5.41, 5.74) is 0. The van der Waals surface area contributed by atoms with Gasteiger partial charge >= 0.3 is 33.0 Å². The van der Waals surface area contributed by atoms with E-state index in [0.717, 1.165) is 13.1 Å². The third-order valence-electron chi connectivity index (χ3n) is 2.75. The topological polar surface area (TPSA) is 38.3 Å². The first kappa shape index (κ1) is 23.1. The Balaban J connectivity index is 0.000000640. The Bertz CT molecular complexity index is 425. The summed E-state index contributed by atoms with van der Waals surface area (Å²) in [6.07, 6.45) is 11.5. The van der Waals surface area contributed by atoms with Crippen LogP contribution in [-0.4, -0.2) is 29.5 Å². The van der Waals surface area contributed by atoms with Gasteiger partial charge in [0.05, 0.1) is 26.4 Å². The zero-order valence-electron chi connectivity index (χ0n) is 13.6. The fourth-order valence-corrected chi connectivity index (χ4v) is 1.76. The van der Waals surface area contributed by atoms with Gasteiger partial charge in [-0.1, -0.05) is 19.8 Å². The van der Waals surface area contributed by atoms with Crippen molar-refractivity contribution in [2.24, 2.45) is 0 Å². The molecule has 146 valence electrons. The third kappa shape index (κ3) is 21.1. The Kier molecular flexibility index (Phi) is 8.69. The number of rotatable bonds is 10. The van der Waals surface area contributed by atoms with Crippen LogP contribution in [0.3, 0.4) is 0 Å². The van der Waals surface area contributed by atoms with Gasteiger partial charge in [-0.15, -0.1) is 0 Å². The first-order valence-corrected chi connectivity index (χ1v) is 9.64. The van der Waals surface area contributed by atoms with E-state index in [4.69, 9.17) is 9.84 Å². The van der Waals surface area contributed by atoms with Gasteiger partial charge in [-0.3, -0.25) is 0 Å². The number of aryl methyl sites for hydroxylation is 1. The maximum atomic E-state index is 9.87. The molecule has 0 spiro atoms. The molecule has 1 aromatic heterocycles. The average Bonchev–Trinajstić information content (AvgIpc) is 2.84. The van der Waals surface area contributed by atoms with E-state index in [2.05, 4.69) is 34.8 Å². The van der Waals surface area contributed by atoms with E-state index in [1.54, 1.807) is 0 Å². The summed E-state index contributed by atoms with van der Waals surface area (Å²) in [6.45, 7) is 5.37. The van der Waals surface area contributed by atoms with Crippen LogP contribution >= 0.6 is 7.81 Å². The monoisotopic (exact) mass is 386 g/mol. The van der Waals surface area contributed by atoms with E-state index in [0.29, 0.717) is 13.2 Å². The number of imidazole rings is 1. The third-order valence-corrected chi connectivity index (χ3v) is 2.75. The van der Waals surface area contributed by atoms with Crippen molar-refractivity contribution in [1.82, 2.24) is 4.57 Å². The first-order chi connectivity index (χ1) is 10.8. The van der Waals surface area contributed by atoms with Crippen molar-refractivity contribution in [3.63, 3.8) is 0 Å². The maximum absolute atomic E-state index is 10.7. The fraction of sp³-hybridized carbons (Fsp3) is 0.769. The Hall–Kier alpha value is -0.860. The Morgan fingerprint density at radius 3 is 2.21 bits per heavy atom. The molecule has 0 aliphatic carbocycles. The molecule has 0 aliphatic heterocycles. The standard InChI is InChI=1S/C13H25N2O2.F6P/c1-2-3-4-5-6-14-7-8-15(13-14)9-11-17-12-10-16;1-7(2,3,4,5)6/h7-8,13,16H,2-6,9-12H2,1H3;/q+1;-1. The van der Waals surface area contributed by atoms with E-state index in [1.165, 1.54) is 25.7 Å². The predicted molar refractivity (Wildman–Crippen MR) is 80.2 cm³/mol. The van der Waals surface area contributed by atoms with Gasteiger partial charge in [0.25, 0.3) is 0 Å². The van der Waals surface area contributed by atoms with Crippen LogP contribution < -0.4 is 4.57 Å². The number of nitrogens with zero attached hydrogens (tertiary/aromatic N) is 2. The van der Waals surface area contributed by atoms with Crippen LogP contribution in [-0.2, 0) is 17.8 Å². The zero-order chi connectivity index (χ0) is 18.8. The van der Waals surface area contributed by atoms with Crippen LogP contribution in [0.15, 0.2) is 18.7 Å². The van der Waals surface area contributed by atoms with Crippen molar-refractivity contribution in [1.29, 1.82) is 0 Å². The molecule has 4 nitrogen and oxygen atoms in total. The van der Waals surface area contributed by atoms with Gasteiger partial charge in [-0.25, -0.2) is 9.13 Å². The molecular weight excluding hydrogens is 361 g/mol. The van der Waals surface area contributed by atoms with Crippen LogP contribution in [0.25, 0.3) is 0 Å². The molecule has 0 saturated carbocycles. The second kappa shape index (κ2) is 9.01. The summed E-state index contributed by atoms with van der Waals surface area (Å²) in [4.78, 5) is 0. The fourth-order valence-electron chi connectivity index (χ4n) is 1.76. The molecule has 0 fully saturated rings. The minimum atomic E-state index is -10.7. The summed E-state index contributed by atoms with van der Waals surface area (Å²) >= 11 is 0. The van der Waals surface area contributed by atoms with Crippen molar-refractivity contribution in [2.45, 2.75) is 45.7 Å². The number of aromatic nitrogens is 2. The summed E-state index contributed by atoms with van der Waals surface area (Å²) in [5.74, 6) is 0. The van der Waals surface area contributed by atoms with Gasteiger partial charge in [-0.05, 0) is 12.8 Å². The summed E-state index contributed by atoms with van der Waals surface area (Å²) in [5, 5.41) is 8.57. The Labute approximate surface area is 137 Å². The normalized spacial score (nSPS) is 14.5. The molecule has 1 rings (SSSR count). The molecule has 0 aromatic carbocycles. The minimum absolute atomic E-state index is 0.100. The molecule has 1 N–H and O–H groups in total. The number of aliphatic hydroxyl groups is 1. The summed E-state index contributed by atoms with van der Waals surface area (Å²) in [7, 11) is -10.7. The van der Waals surface area contributed by atoms with Crippen LogP contribution in [0, 0.1) is 0 Å². The van der Waals surface area contributed by atoms with Gasteiger partial charge in [0, 0.05) is 0 Å². The van der Waals surface area contributed by atoms with Gasteiger partial charge in [-0.2, -0.15) is 0 Å². The van der Waals surface area contributed by atoms with E-state index in [9.17, 15) is 25.2 Å². The molecule has 0 unspecified atom stereocenters. The zero-order valence-corrected chi connectivity index (χ0v) is 14.5. The molecular formula is C13H25F6N2O2P. The van der Waals surface area contributed by atoms with Crippen molar-refractivity contribution < 1.29 is 39.6 Å².